The molecule has 0 saturated carbocycles. The highest BCUT2D eigenvalue weighted by Gasteiger charge is 2.43. The second-order valence-corrected chi connectivity index (χ2v) is 5.06. The number of halogens is 3. The molecule has 2 heterocycles. The smallest absolute Gasteiger partial charge is 0.262 e. The molecule has 1 aliphatic rings. The molecule has 2 N–H and O–H groups in total. The molecule has 0 bridgehead atoms. The van der Waals surface area contributed by atoms with Crippen molar-refractivity contribution in [2.45, 2.75) is 25.3 Å². The van der Waals surface area contributed by atoms with Gasteiger partial charge in [-0.1, -0.05) is 5.16 Å². The lowest BCUT2D eigenvalue weighted by Gasteiger charge is -2.20. The molecule has 124 valence electrons. The summed E-state index contributed by atoms with van der Waals surface area (Å²) >= 11 is 0. The van der Waals surface area contributed by atoms with Gasteiger partial charge in [0.1, 0.15) is 5.76 Å². The van der Waals surface area contributed by atoms with Crippen molar-refractivity contribution in [2.75, 3.05) is 25.5 Å². The number of aromatic nitrogens is 1. The highest BCUT2D eigenvalue weighted by atomic mass is 35.5. The van der Waals surface area contributed by atoms with Crippen molar-refractivity contribution in [1.82, 2.24) is 15.4 Å². The van der Waals surface area contributed by atoms with E-state index in [1.807, 2.05) is 0 Å². The van der Waals surface area contributed by atoms with E-state index in [0.29, 0.717) is 5.76 Å². The number of aryl methyl sites for hydroxylation is 1. The van der Waals surface area contributed by atoms with Crippen molar-refractivity contribution < 1.29 is 22.9 Å². The first-order chi connectivity index (χ1) is 9.77. The van der Waals surface area contributed by atoms with Crippen molar-refractivity contribution in [2.24, 2.45) is 0 Å². The zero-order valence-electron chi connectivity index (χ0n) is 12.1. The highest BCUT2D eigenvalue weighted by Crippen LogP contribution is 2.25. The van der Waals surface area contributed by atoms with Gasteiger partial charge in [-0.25, -0.2) is 8.78 Å². The van der Waals surface area contributed by atoms with Crippen molar-refractivity contribution in [3.8, 4) is 0 Å². The van der Waals surface area contributed by atoms with Gasteiger partial charge in [-0.2, -0.15) is 0 Å². The Balaban J connectivity index is 0.00000242. The van der Waals surface area contributed by atoms with E-state index in [9.17, 15) is 18.4 Å². The van der Waals surface area contributed by atoms with E-state index in [1.54, 1.807) is 6.92 Å². The first-order valence-electron chi connectivity index (χ1n) is 6.36. The summed E-state index contributed by atoms with van der Waals surface area (Å²) in [5.74, 6) is -3.14. The topological polar surface area (TPSA) is 87.5 Å². The van der Waals surface area contributed by atoms with Crippen LogP contribution in [-0.2, 0) is 9.59 Å². The highest BCUT2D eigenvalue weighted by molar-refractivity contribution is 5.94. The summed E-state index contributed by atoms with van der Waals surface area (Å²) in [6, 6.07) is 0.561. The fourth-order valence-electron chi connectivity index (χ4n) is 2.06. The van der Waals surface area contributed by atoms with Crippen LogP contribution in [0, 0.1) is 6.92 Å². The second kappa shape index (κ2) is 7.01. The molecule has 7 nitrogen and oxygen atoms in total. The number of hydrogen-bond acceptors (Lipinski definition) is 5. The average Bonchev–Trinajstić information content (AvgIpc) is 2.94. The minimum atomic E-state index is -2.89. The summed E-state index contributed by atoms with van der Waals surface area (Å²) in [7, 11) is 1.38. The van der Waals surface area contributed by atoms with Crippen LogP contribution in [0.1, 0.15) is 12.2 Å². The molecular weight excluding hydrogens is 322 g/mol. The number of rotatable bonds is 4. The number of carbonyl (C=O) groups is 2. The van der Waals surface area contributed by atoms with Crippen LogP contribution in [0.2, 0.25) is 0 Å². The molecular formula is C12H17ClF2N4O3. The standard InChI is InChI=1S/C12H16F2N4O3.ClH/c1-7-3-9(17-21-7)16-10(19)5-18(2)11(20)8-4-12(13,14)6-15-8;/h3,8,15H,4-6H2,1-2H3,(H,16,17,19);1H. The molecule has 1 atom stereocenters. The van der Waals surface area contributed by atoms with Gasteiger partial charge in [-0.05, 0) is 6.92 Å². The molecule has 0 aromatic carbocycles. The molecule has 2 rings (SSSR count). The zero-order valence-corrected chi connectivity index (χ0v) is 12.9. The third-order valence-electron chi connectivity index (χ3n) is 3.06. The van der Waals surface area contributed by atoms with Crippen LogP contribution in [0.4, 0.5) is 14.6 Å². The summed E-state index contributed by atoms with van der Waals surface area (Å²) in [6.07, 6.45) is -0.555. The van der Waals surface area contributed by atoms with Crippen LogP contribution in [0.5, 0.6) is 0 Å². The van der Waals surface area contributed by atoms with Gasteiger partial charge >= 0.3 is 0 Å². The Labute approximate surface area is 131 Å². The lowest BCUT2D eigenvalue weighted by molar-refractivity contribution is -0.135. The molecule has 1 saturated heterocycles. The van der Waals surface area contributed by atoms with E-state index in [4.69, 9.17) is 4.52 Å². The third kappa shape index (κ3) is 4.63. The Morgan fingerprint density at radius 3 is 2.77 bits per heavy atom. The summed E-state index contributed by atoms with van der Waals surface area (Å²) in [6.45, 7) is 0.889. The predicted octanol–water partition coefficient (Wildman–Crippen LogP) is 0.799. The lowest BCUT2D eigenvalue weighted by atomic mass is 10.1. The minimum absolute atomic E-state index is 0. The molecule has 22 heavy (non-hydrogen) atoms. The zero-order chi connectivity index (χ0) is 15.6. The number of anilines is 1. The van der Waals surface area contributed by atoms with Crippen LogP contribution in [0.25, 0.3) is 0 Å². The van der Waals surface area contributed by atoms with E-state index in [1.165, 1.54) is 13.1 Å². The monoisotopic (exact) mass is 338 g/mol. The van der Waals surface area contributed by atoms with E-state index >= 15 is 0 Å². The maximum atomic E-state index is 13.0. The molecule has 1 fully saturated rings. The molecule has 1 aliphatic heterocycles. The van der Waals surface area contributed by atoms with Crippen LogP contribution in [0.15, 0.2) is 10.6 Å². The first kappa shape index (κ1) is 18.3. The van der Waals surface area contributed by atoms with Crippen molar-refractivity contribution in [3.05, 3.63) is 11.8 Å². The van der Waals surface area contributed by atoms with Crippen LogP contribution < -0.4 is 10.6 Å². The molecule has 0 spiro atoms. The number of amides is 2. The van der Waals surface area contributed by atoms with E-state index in [2.05, 4.69) is 15.8 Å². The normalized spacial score (nSPS) is 19.4. The number of nitrogens with zero attached hydrogens (tertiary/aromatic N) is 2. The quantitative estimate of drug-likeness (QED) is 0.848. The molecule has 2 amide bonds. The number of hydrogen-bond donors (Lipinski definition) is 2. The SMILES string of the molecule is Cc1cc(NC(=O)CN(C)C(=O)C2CC(F)(F)CN2)no1.Cl. The van der Waals surface area contributed by atoms with Gasteiger partial charge in [0.05, 0.1) is 19.1 Å². The minimum Gasteiger partial charge on any atom is -0.360 e. The number of alkyl halides is 2. The average molecular weight is 339 g/mol. The van der Waals surface area contributed by atoms with Crippen molar-refractivity contribution in [3.63, 3.8) is 0 Å². The van der Waals surface area contributed by atoms with E-state index in [-0.39, 0.29) is 24.8 Å². The van der Waals surface area contributed by atoms with Gasteiger partial charge < -0.3 is 14.7 Å². The maximum Gasteiger partial charge on any atom is 0.262 e. The van der Waals surface area contributed by atoms with Gasteiger partial charge in [0.2, 0.25) is 11.8 Å². The predicted molar refractivity (Wildman–Crippen MR) is 76.1 cm³/mol. The maximum absolute atomic E-state index is 13.0. The molecule has 1 unspecified atom stereocenters. The van der Waals surface area contributed by atoms with Gasteiger partial charge in [0.25, 0.3) is 5.92 Å². The van der Waals surface area contributed by atoms with Gasteiger partial charge in [0, 0.05) is 19.5 Å². The number of likely N-dealkylation sites (N-methyl/N-ethyl adjacent to an activating group) is 1. The first-order valence-corrected chi connectivity index (χ1v) is 6.36. The Kier molecular flexibility index (Phi) is 5.84. The number of nitrogens with one attached hydrogen (secondary N) is 2. The lowest BCUT2D eigenvalue weighted by Crippen LogP contribution is -2.44. The Morgan fingerprint density at radius 2 is 2.27 bits per heavy atom. The molecule has 0 radical (unpaired) electrons. The van der Waals surface area contributed by atoms with Crippen LogP contribution in [0.3, 0.4) is 0 Å². The van der Waals surface area contributed by atoms with E-state index in [0.717, 1.165) is 4.90 Å². The molecule has 1 aromatic rings. The number of carbonyl (C=O) groups excluding carboxylic acids is 2. The molecule has 0 aliphatic carbocycles. The van der Waals surface area contributed by atoms with Crippen molar-refractivity contribution in [1.29, 1.82) is 0 Å². The van der Waals surface area contributed by atoms with Gasteiger partial charge in [-0.15, -0.1) is 12.4 Å². The van der Waals surface area contributed by atoms with E-state index < -0.39 is 36.7 Å². The Bertz CT molecular complexity index is 552. The van der Waals surface area contributed by atoms with Crippen LogP contribution >= 0.6 is 12.4 Å². The van der Waals surface area contributed by atoms with Crippen LogP contribution in [-0.4, -0.2) is 54.0 Å². The summed E-state index contributed by atoms with van der Waals surface area (Å²) in [5, 5.41) is 8.49. The fourth-order valence-corrected chi connectivity index (χ4v) is 2.06. The Morgan fingerprint density at radius 1 is 1.59 bits per heavy atom. The second-order valence-electron chi connectivity index (χ2n) is 5.06. The van der Waals surface area contributed by atoms with Crippen molar-refractivity contribution >= 4 is 30.0 Å². The Hall–Kier alpha value is -1.74. The molecule has 1 aromatic heterocycles. The summed E-state index contributed by atoms with van der Waals surface area (Å²) in [5.41, 5.74) is 0. The summed E-state index contributed by atoms with van der Waals surface area (Å²) in [4.78, 5) is 24.8. The van der Waals surface area contributed by atoms with Gasteiger partial charge in [0.15, 0.2) is 5.82 Å². The summed E-state index contributed by atoms with van der Waals surface area (Å²) < 4.78 is 30.9. The largest absolute Gasteiger partial charge is 0.360 e. The third-order valence-corrected chi connectivity index (χ3v) is 3.06. The molecule has 10 heteroatoms. The van der Waals surface area contributed by atoms with Gasteiger partial charge in [-0.3, -0.25) is 14.9 Å². The fraction of sp³-hybridized carbons (Fsp3) is 0.583.